The molecule has 0 N–H and O–H groups in total. The molecular weight excluding hydrogens is 378 g/mol. The average molecular weight is 395 g/mol. The Kier molecular flexibility index (Phi) is 3.30. The van der Waals surface area contributed by atoms with Gasteiger partial charge >= 0.3 is 0 Å². The maximum absolute atomic E-state index is 6.43. The van der Waals surface area contributed by atoms with Crippen LogP contribution < -0.4 is 0 Å². The molecule has 2 heteroatoms. The van der Waals surface area contributed by atoms with Gasteiger partial charge in [0.1, 0.15) is 11.2 Å². The van der Waals surface area contributed by atoms with Gasteiger partial charge in [0.2, 0.25) is 0 Å². The Bertz CT molecular complexity index is 1790. The second kappa shape index (κ2) is 6.16. The topological polar surface area (TPSA) is 26.0 Å². The second-order valence-electron chi connectivity index (χ2n) is 7.99. The zero-order valence-corrected chi connectivity index (χ0v) is 16.7. The van der Waals surface area contributed by atoms with Gasteiger partial charge in [-0.1, -0.05) is 78.9 Å². The molecule has 0 unspecified atom stereocenters. The van der Waals surface area contributed by atoms with E-state index < -0.39 is 0 Å². The number of para-hydroxylation sites is 2. The quantitative estimate of drug-likeness (QED) is 0.262. The number of nitrogens with zero attached hydrogens (tertiary/aromatic N) is 1. The maximum Gasteiger partial charge on any atom is 0.144 e. The van der Waals surface area contributed by atoms with Crippen LogP contribution in [-0.2, 0) is 0 Å². The molecule has 0 aliphatic heterocycles. The summed E-state index contributed by atoms with van der Waals surface area (Å²) in [7, 11) is 0. The standard InChI is InChI=1S/C29H17NO/c1-3-8-20-18(6-1)12-14-22-21(20)15-17-27-28(22)24-10-5-9-23(29(24)31-27)26-16-13-19-7-2-4-11-25(19)30-26/h1-17H. The maximum atomic E-state index is 6.43. The van der Waals surface area contributed by atoms with E-state index in [1.807, 2.05) is 12.1 Å². The zero-order chi connectivity index (χ0) is 20.4. The predicted octanol–water partition coefficient (Wildman–Crippen LogP) is 8.11. The number of fused-ring (bicyclic) bond motifs is 8. The first kappa shape index (κ1) is 16.6. The highest BCUT2D eigenvalue weighted by Gasteiger charge is 2.16. The highest BCUT2D eigenvalue weighted by Crippen LogP contribution is 2.40. The Morgan fingerprint density at radius 2 is 1.29 bits per heavy atom. The molecule has 0 radical (unpaired) electrons. The van der Waals surface area contributed by atoms with E-state index in [4.69, 9.17) is 9.40 Å². The molecule has 0 atom stereocenters. The first-order chi connectivity index (χ1) is 15.4. The number of hydrogen-bond acceptors (Lipinski definition) is 2. The fourth-order valence-corrected chi connectivity index (χ4v) is 4.80. The number of hydrogen-bond donors (Lipinski definition) is 0. The van der Waals surface area contributed by atoms with Gasteiger partial charge < -0.3 is 4.42 Å². The number of furan rings is 1. The van der Waals surface area contributed by atoms with E-state index in [-0.39, 0.29) is 0 Å². The molecule has 7 rings (SSSR count). The minimum absolute atomic E-state index is 0.890. The summed E-state index contributed by atoms with van der Waals surface area (Å²) >= 11 is 0. The van der Waals surface area contributed by atoms with Crippen molar-refractivity contribution in [1.82, 2.24) is 4.98 Å². The van der Waals surface area contributed by atoms with E-state index >= 15 is 0 Å². The summed E-state index contributed by atoms with van der Waals surface area (Å²) in [6.45, 7) is 0. The molecule has 5 aromatic carbocycles. The van der Waals surface area contributed by atoms with Crippen LogP contribution in [0.1, 0.15) is 0 Å². The minimum Gasteiger partial charge on any atom is -0.455 e. The molecule has 0 aliphatic rings. The highest BCUT2D eigenvalue weighted by atomic mass is 16.3. The molecular formula is C29H17NO. The third-order valence-electron chi connectivity index (χ3n) is 6.26. The molecule has 0 amide bonds. The molecule has 2 aromatic heterocycles. The third-order valence-corrected chi connectivity index (χ3v) is 6.26. The van der Waals surface area contributed by atoms with Gasteiger partial charge in [0, 0.05) is 21.7 Å². The zero-order valence-electron chi connectivity index (χ0n) is 16.7. The van der Waals surface area contributed by atoms with Crippen molar-refractivity contribution in [3.05, 3.63) is 103 Å². The molecule has 144 valence electrons. The summed E-state index contributed by atoms with van der Waals surface area (Å²) in [5.41, 5.74) is 4.74. The van der Waals surface area contributed by atoms with Crippen molar-refractivity contribution in [2.75, 3.05) is 0 Å². The summed E-state index contributed by atoms with van der Waals surface area (Å²) in [6, 6.07) is 36.0. The second-order valence-corrected chi connectivity index (χ2v) is 7.99. The smallest absolute Gasteiger partial charge is 0.144 e. The molecule has 7 aromatic rings. The molecule has 0 saturated carbocycles. The van der Waals surface area contributed by atoms with Crippen LogP contribution in [0.4, 0.5) is 0 Å². The van der Waals surface area contributed by atoms with Crippen molar-refractivity contribution < 1.29 is 4.42 Å². The molecule has 2 nitrogen and oxygen atoms in total. The van der Waals surface area contributed by atoms with E-state index in [9.17, 15) is 0 Å². The van der Waals surface area contributed by atoms with Crippen LogP contribution in [-0.4, -0.2) is 4.98 Å². The Balaban J connectivity index is 1.57. The number of pyridine rings is 1. The fraction of sp³-hybridized carbons (Fsp3) is 0. The lowest BCUT2D eigenvalue weighted by atomic mass is 9.97. The van der Waals surface area contributed by atoms with Crippen LogP contribution in [0.15, 0.2) is 108 Å². The van der Waals surface area contributed by atoms with Crippen LogP contribution in [0.5, 0.6) is 0 Å². The minimum atomic E-state index is 0.890. The van der Waals surface area contributed by atoms with Crippen LogP contribution in [0.25, 0.3) is 65.6 Å². The van der Waals surface area contributed by atoms with Crippen molar-refractivity contribution in [2.45, 2.75) is 0 Å². The van der Waals surface area contributed by atoms with Crippen LogP contribution in [0.2, 0.25) is 0 Å². The van der Waals surface area contributed by atoms with Crippen molar-refractivity contribution in [1.29, 1.82) is 0 Å². The van der Waals surface area contributed by atoms with Crippen LogP contribution in [0, 0.1) is 0 Å². The molecule has 0 spiro atoms. The van der Waals surface area contributed by atoms with Gasteiger partial charge in [-0.05, 0) is 45.8 Å². The first-order valence-corrected chi connectivity index (χ1v) is 10.5. The van der Waals surface area contributed by atoms with Crippen molar-refractivity contribution in [2.24, 2.45) is 0 Å². The molecule has 0 fully saturated rings. The van der Waals surface area contributed by atoms with E-state index in [0.717, 1.165) is 38.7 Å². The molecule has 31 heavy (non-hydrogen) atoms. The van der Waals surface area contributed by atoms with Gasteiger partial charge in [0.25, 0.3) is 0 Å². The largest absolute Gasteiger partial charge is 0.455 e. The molecule has 0 aliphatic carbocycles. The summed E-state index contributed by atoms with van der Waals surface area (Å²) in [6.07, 6.45) is 0. The van der Waals surface area contributed by atoms with Gasteiger partial charge in [0.15, 0.2) is 0 Å². The van der Waals surface area contributed by atoms with E-state index in [2.05, 4.69) is 91.0 Å². The van der Waals surface area contributed by atoms with Gasteiger partial charge in [-0.3, -0.25) is 0 Å². The normalized spacial score (nSPS) is 11.9. The Morgan fingerprint density at radius 3 is 2.26 bits per heavy atom. The summed E-state index contributed by atoms with van der Waals surface area (Å²) in [5.74, 6) is 0. The van der Waals surface area contributed by atoms with Crippen LogP contribution in [0.3, 0.4) is 0 Å². The number of rotatable bonds is 1. The van der Waals surface area contributed by atoms with Crippen molar-refractivity contribution in [3.63, 3.8) is 0 Å². The molecule has 0 saturated heterocycles. The molecule has 2 heterocycles. The third kappa shape index (κ3) is 2.36. The average Bonchev–Trinajstić information content (AvgIpc) is 3.23. The SMILES string of the molecule is c1ccc2nc(-c3cccc4c3oc3ccc5c6ccccc6ccc5c34)ccc2c1. The van der Waals surface area contributed by atoms with Gasteiger partial charge in [-0.15, -0.1) is 0 Å². The van der Waals surface area contributed by atoms with Crippen molar-refractivity contribution >= 4 is 54.4 Å². The van der Waals surface area contributed by atoms with Gasteiger partial charge in [0.05, 0.1) is 11.2 Å². The monoisotopic (exact) mass is 395 g/mol. The van der Waals surface area contributed by atoms with E-state index in [1.54, 1.807) is 0 Å². The Labute approximate surface area is 178 Å². The Hall–Kier alpha value is -4.17. The fourth-order valence-electron chi connectivity index (χ4n) is 4.80. The lowest BCUT2D eigenvalue weighted by molar-refractivity contribution is 0.670. The number of aromatic nitrogens is 1. The van der Waals surface area contributed by atoms with Crippen LogP contribution >= 0.6 is 0 Å². The number of benzene rings is 5. The summed E-state index contributed by atoms with van der Waals surface area (Å²) < 4.78 is 6.43. The van der Waals surface area contributed by atoms with E-state index in [0.29, 0.717) is 0 Å². The highest BCUT2D eigenvalue weighted by molar-refractivity contribution is 6.24. The van der Waals surface area contributed by atoms with Crippen molar-refractivity contribution in [3.8, 4) is 11.3 Å². The lowest BCUT2D eigenvalue weighted by Crippen LogP contribution is -1.85. The van der Waals surface area contributed by atoms with Gasteiger partial charge in [-0.25, -0.2) is 4.98 Å². The summed E-state index contributed by atoms with van der Waals surface area (Å²) in [4.78, 5) is 4.91. The first-order valence-electron chi connectivity index (χ1n) is 10.5. The van der Waals surface area contributed by atoms with Gasteiger partial charge in [-0.2, -0.15) is 0 Å². The predicted molar refractivity (Wildman–Crippen MR) is 129 cm³/mol. The molecule has 0 bridgehead atoms. The Morgan fingerprint density at radius 1 is 0.516 bits per heavy atom. The van der Waals surface area contributed by atoms with E-state index in [1.165, 1.54) is 26.9 Å². The lowest BCUT2D eigenvalue weighted by Gasteiger charge is -2.05. The summed E-state index contributed by atoms with van der Waals surface area (Å²) in [5, 5.41) is 8.43.